The Kier molecular flexibility index (Phi) is 5.18. The fourth-order valence-electron chi connectivity index (χ4n) is 3.62. The second-order valence-electron chi connectivity index (χ2n) is 7.12. The first-order valence-electron chi connectivity index (χ1n) is 9.47. The lowest BCUT2D eigenvalue weighted by Crippen LogP contribution is -2.36. The van der Waals surface area contributed by atoms with E-state index in [0.717, 1.165) is 31.2 Å². The molecule has 0 spiro atoms. The Morgan fingerprint density at radius 1 is 1.32 bits per heavy atom. The Balaban J connectivity index is 1.56. The van der Waals surface area contributed by atoms with Gasteiger partial charge in [-0.2, -0.15) is 10.1 Å². The smallest absolute Gasteiger partial charge is 0.261 e. The molecule has 1 aromatic carbocycles. The lowest BCUT2D eigenvalue weighted by atomic mass is 10.1. The maximum absolute atomic E-state index is 13.5. The van der Waals surface area contributed by atoms with E-state index in [1.165, 1.54) is 12.1 Å². The average Bonchev–Trinajstić information content (AvgIpc) is 3.24. The van der Waals surface area contributed by atoms with E-state index in [1.54, 1.807) is 29.2 Å². The summed E-state index contributed by atoms with van der Waals surface area (Å²) < 4.78 is 20.6. The summed E-state index contributed by atoms with van der Waals surface area (Å²) in [6, 6.07) is 5.93. The predicted molar refractivity (Wildman–Crippen MR) is 99.5 cm³/mol. The number of carbonyl (C=O) groups is 1. The summed E-state index contributed by atoms with van der Waals surface area (Å²) >= 11 is 0. The molecule has 1 aliphatic heterocycles. The number of halogens is 1. The summed E-state index contributed by atoms with van der Waals surface area (Å²) in [6.07, 6.45) is 7.37. The van der Waals surface area contributed by atoms with Crippen molar-refractivity contribution in [2.24, 2.45) is 7.05 Å². The number of nitrogens with zero attached hydrogens (tertiary/aromatic N) is 5. The van der Waals surface area contributed by atoms with Crippen molar-refractivity contribution >= 4 is 5.91 Å². The normalized spacial score (nSPS) is 17.5. The molecule has 0 bridgehead atoms. The van der Waals surface area contributed by atoms with Gasteiger partial charge in [-0.3, -0.25) is 9.48 Å². The van der Waals surface area contributed by atoms with Gasteiger partial charge in [0.2, 0.25) is 5.91 Å². The molecular weight excluding hydrogens is 361 g/mol. The second-order valence-corrected chi connectivity index (χ2v) is 7.12. The minimum Gasteiger partial charge on any atom is -0.334 e. The number of aromatic nitrogens is 4. The summed E-state index contributed by atoms with van der Waals surface area (Å²) in [7, 11) is 1.82. The SMILES string of the molecule is Cn1cc(-c2nc([C@@H]3CCCCCN3C(=O)Cc3cccc(F)c3)no2)cn1. The maximum atomic E-state index is 13.5. The summed E-state index contributed by atoms with van der Waals surface area (Å²) in [4.78, 5) is 19.3. The molecule has 4 rings (SSSR count). The van der Waals surface area contributed by atoms with Gasteiger partial charge in [0.25, 0.3) is 5.89 Å². The van der Waals surface area contributed by atoms with Crippen LogP contribution >= 0.6 is 0 Å². The van der Waals surface area contributed by atoms with E-state index in [1.807, 2.05) is 11.9 Å². The van der Waals surface area contributed by atoms with Crippen LogP contribution in [0.1, 0.15) is 43.1 Å². The average molecular weight is 383 g/mol. The van der Waals surface area contributed by atoms with E-state index >= 15 is 0 Å². The van der Waals surface area contributed by atoms with Gasteiger partial charge >= 0.3 is 0 Å². The first kappa shape index (κ1) is 18.3. The predicted octanol–water partition coefficient (Wildman–Crippen LogP) is 3.30. The highest BCUT2D eigenvalue weighted by Gasteiger charge is 2.30. The number of likely N-dealkylation sites (tertiary alicyclic amines) is 1. The zero-order valence-electron chi connectivity index (χ0n) is 15.7. The zero-order chi connectivity index (χ0) is 19.5. The van der Waals surface area contributed by atoms with Crippen LogP contribution < -0.4 is 0 Å². The van der Waals surface area contributed by atoms with Gasteiger partial charge in [0, 0.05) is 19.8 Å². The standard InChI is InChI=1S/C20H22FN5O2/c1-25-13-15(12-22-25)20-23-19(24-28-20)17-8-3-2-4-9-26(17)18(27)11-14-6-5-7-16(21)10-14/h5-7,10,12-13,17H,2-4,8-9,11H2,1H3/t17-/m0/s1. The minimum atomic E-state index is -0.336. The van der Waals surface area contributed by atoms with Gasteiger partial charge in [0.05, 0.1) is 24.2 Å². The molecule has 1 saturated heterocycles. The van der Waals surface area contributed by atoms with Gasteiger partial charge < -0.3 is 9.42 Å². The fourth-order valence-corrected chi connectivity index (χ4v) is 3.62. The molecule has 2 aromatic heterocycles. The van der Waals surface area contributed by atoms with E-state index < -0.39 is 0 Å². The molecule has 3 heterocycles. The summed E-state index contributed by atoms with van der Waals surface area (Å²) in [5.41, 5.74) is 1.41. The Bertz CT molecular complexity index is 967. The van der Waals surface area contributed by atoms with Crippen molar-refractivity contribution in [1.82, 2.24) is 24.8 Å². The molecule has 3 aromatic rings. The van der Waals surface area contributed by atoms with Crippen LogP contribution in [0.5, 0.6) is 0 Å². The summed E-state index contributed by atoms with van der Waals surface area (Å²) in [6.45, 7) is 0.635. The third-order valence-electron chi connectivity index (χ3n) is 5.01. The molecule has 0 N–H and O–H groups in total. The number of hydrogen-bond acceptors (Lipinski definition) is 5. The highest BCUT2D eigenvalue weighted by molar-refractivity contribution is 5.79. The lowest BCUT2D eigenvalue weighted by Gasteiger charge is -2.28. The summed E-state index contributed by atoms with van der Waals surface area (Å²) in [5.74, 6) is 0.514. The molecule has 7 nitrogen and oxygen atoms in total. The van der Waals surface area contributed by atoms with Crippen LogP contribution in [-0.2, 0) is 18.3 Å². The highest BCUT2D eigenvalue weighted by Crippen LogP contribution is 2.30. The van der Waals surface area contributed by atoms with E-state index in [0.29, 0.717) is 23.8 Å². The van der Waals surface area contributed by atoms with Crippen molar-refractivity contribution in [1.29, 1.82) is 0 Å². The third kappa shape index (κ3) is 3.95. The first-order valence-corrected chi connectivity index (χ1v) is 9.47. The number of carbonyl (C=O) groups excluding carboxylic acids is 1. The zero-order valence-corrected chi connectivity index (χ0v) is 15.7. The van der Waals surface area contributed by atoms with Gasteiger partial charge in [-0.1, -0.05) is 30.1 Å². The molecule has 146 valence electrons. The van der Waals surface area contributed by atoms with Crippen molar-refractivity contribution in [3.05, 3.63) is 53.9 Å². The van der Waals surface area contributed by atoms with E-state index in [2.05, 4.69) is 15.2 Å². The van der Waals surface area contributed by atoms with Gasteiger partial charge in [-0.25, -0.2) is 4.39 Å². The molecule has 0 aliphatic carbocycles. The van der Waals surface area contributed by atoms with Crippen LogP contribution in [0.15, 0.2) is 41.2 Å². The summed E-state index contributed by atoms with van der Waals surface area (Å²) in [5, 5.41) is 8.26. The minimum absolute atomic E-state index is 0.0507. The van der Waals surface area contributed by atoms with Crippen LogP contribution in [0.25, 0.3) is 11.5 Å². The molecular formula is C20H22FN5O2. The quantitative estimate of drug-likeness (QED) is 0.691. The van der Waals surface area contributed by atoms with Gasteiger partial charge in [0.1, 0.15) is 5.82 Å². The number of benzene rings is 1. The Morgan fingerprint density at radius 2 is 2.21 bits per heavy atom. The molecule has 1 amide bonds. The molecule has 1 aliphatic rings. The Morgan fingerprint density at radius 3 is 3.00 bits per heavy atom. The first-order chi connectivity index (χ1) is 13.6. The molecule has 1 fully saturated rings. The van der Waals surface area contributed by atoms with Crippen LogP contribution in [0.3, 0.4) is 0 Å². The Hall–Kier alpha value is -3.03. The third-order valence-corrected chi connectivity index (χ3v) is 5.01. The van der Waals surface area contributed by atoms with Gasteiger partial charge in [-0.15, -0.1) is 0 Å². The van der Waals surface area contributed by atoms with Crippen LogP contribution in [0.2, 0.25) is 0 Å². The van der Waals surface area contributed by atoms with E-state index in [-0.39, 0.29) is 24.2 Å². The maximum Gasteiger partial charge on any atom is 0.261 e. The van der Waals surface area contributed by atoms with Gasteiger partial charge in [0.15, 0.2) is 5.82 Å². The van der Waals surface area contributed by atoms with E-state index in [4.69, 9.17) is 4.52 Å². The number of rotatable bonds is 4. The fraction of sp³-hybridized carbons (Fsp3) is 0.400. The monoisotopic (exact) mass is 383 g/mol. The van der Waals surface area contributed by atoms with E-state index in [9.17, 15) is 9.18 Å². The van der Waals surface area contributed by atoms with Crippen molar-refractivity contribution in [2.75, 3.05) is 6.54 Å². The topological polar surface area (TPSA) is 77.0 Å². The van der Waals surface area contributed by atoms with Crippen LogP contribution in [0, 0.1) is 5.82 Å². The van der Waals surface area contributed by atoms with Crippen molar-refractivity contribution < 1.29 is 13.7 Å². The van der Waals surface area contributed by atoms with Crippen LogP contribution in [-0.4, -0.2) is 37.3 Å². The largest absolute Gasteiger partial charge is 0.334 e. The molecule has 1 atom stereocenters. The molecule has 0 unspecified atom stereocenters. The van der Waals surface area contributed by atoms with Crippen molar-refractivity contribution in [3.63, 3.8) is 0 Å². The van der Waals surface area contributed by atoms with Gasteiger partial charge in [-0.05, 0) is 30.5 Å². The Labute approximate surface area is 162 Å². The molecule has 28 heavy (non-hydrogen) atoms. The van der Waals surface area contributed by atoms with Crippen molar-refractivity contribution in [2.45, 2.75) is 38.1 Å². The number of amides is 1. The number of hydrogen-bond donors (Lipinski definition) is 0. The molecule has 8 heteroatoms. The lowest BCUT2D eigenvalue weighted by molar-refractivity contribution is -0.133. The second kappa shape index (κ2) is 7.92. The molecule has 0 saturated carbocycles. The number of aryl methyl sites for hydroxylation is 1. The highest BCUT2D eigenvalue weighted by atomic mass is 19.1. The van der Waals surface area contributed by atoms with Crippen LogP contribution in [0.4, 0.5) is 4.39 Å². The van der Waals surface area contributed by atoms with Crippen molar-refractivity contribution in [3.8, 4) is 11.5 Å². The molecule has 0 radical (unpaired) electrons.